The van der Waals surface area contributed by atoms with E-state index in [0.29, 0.717) is 12.0 Å². The zero-order valence-corrected chi connectivity index (χ0v) is 9.87. The fraction of sp³-hybridized carbons (Fsp3) is 0.462. The Hall–Kier alpha value is -1.55. The lowest BCUT2D eigenvalue weighted by atomic mass is 10.1. The largest absolute Gasteiger partial charge is 0.352 e. The second-order valence-electron chi connectivity index (χ2n) is 4.81. The number of hydrogen-bond donors (Lipinski definition) is 3. The quantitative estimate of drug-likeness (QED) is 0.496. The van der Waals surface area contributed by atoms with Gasteiger partial charge < -0.3 is 15.5 Å². The summed E-state index contributed by atoms with van der Waals surface area (Å²) in [5.74, 6) is 0.565. The molecule has 2 aliphatic heterocycles. The lowest BCUT2D eigenvalue weighted by Gasteiger charge is -2.22. The van der Waals surface area contributed by atoms with Crippen LogP contribution in [-0.2, 0) is 13.1 Å². The van der Waals surface area contributed by atoms with Crippen LogP contribution >= 0.6 is 0 Å². The molecule has 3 rings (SSSR count). The smallest absolute Gasteiger partial charge is 0.191 e. The second kappa shape index (κ2) is 4.37. The van der Waals surface area contributed by atoms with E-state index in [4.69, 9.17) is 5.41 Å². The van der Waals surface area contributed by atoms with Gasteiger partial charge in [0.1, 0.15) is 0 Å². The van der Waals surface area contributed by atoms with Gasteiger partial charge in [0.25, 0.3) is 0 Å². The summed E-state index contributed by atoms with van der Waals surface area (Å²) in [7, 11) is 0. The average Bonchev–Trinajstić information content (AvgIpc) is 2.96. The van der Waals surface area contributed by atoms with Crippen LogP contribution in [0.2, 0.25) is 0 Å². The fourth-order valence-electron chi connectivity index (χ4n) is 2.55. The number of hydrogen-bond acceptors (Lipinski definition) is 2. The fourth-order valence-corrected chi connectivity index (χ4v) is 2.55. The van der Waals surface area contributed by atoms with Crippen molar-refractivity contribution in [3.05, 3.63) is 35.4 Å². The Balaban J connectivity index is 1.62. The molecule has 1 atom stereocenters. The summed E-state index contributed by atoms with van der Waals surface area (Å²) < 4.78 is 0. The van der Waals surface area contributed by atoms with E-state index in [2.05, 4.69) is 39.8 Å². The molecule has 4 nitrogen and oxygen atoms in total. The summed E-state index contributed by atoms with van der Waals surface area (Å²) in [5.41, 5.74) is 2.70. The van der Waals surface area contributed by atoms with Gasteiger partial charge in [-0.25, -0.2) is 0 Å². The highest BCUT2D eigenvalue weighted by Gasteiger charge is 2.23. The zero-order valence-electron chi connectivity index (χ0n) is 9.87. The van der Waals surface area contributed by atoms with Crippen molar-refractivity contribution < 1.29 is 0 Å². The van der Waals surface area contributed by atoms with Crippen LogP contribution in [0.4, 0.5) is 0 Å². The average molecular weight is 230 g/mol. The van der Waals surface area contributed by atoms with Crippen LogP contribution in [0.3, 0.4) is 0 Å². The topological polar surface area (TPSA) is 51.2 Å². The molecule has 2 aliphatic rings. The summed E-state index contributed by atoms with van der Waals surface area (Å²) in [6, 6.07) is 8.87. The Kier molecular flexibility index (Phi) is 2.73. The van der Waals surface area contributed by atoms with E-state index in [0.717, 1.165) is 32.6 Å². The van der Waals surface area contributed by atoms with Crippen molar-refractivity contribution in [1.82, 2.24) is 15.5 Å². The highest BCUT2D eigenvalue weighted by molar-refractivity contribution is 5.77. The SMILES string of the molecule is N=C(NC1CCNC1)N1Cc2ccccc2C1. The predicted octanol–water partition coefficient (Wildman–Crippen LogP) is 0.888. The second-order valence-corrected chi connectivity index (χ2v) is 4.81. The molecule has 1 aromatic rings. The van der Waals surface area contributed by atoms with Crippen LogP contribution in [0.25, 0.3) is 0 Å². The van der Waals surface area contributed by atoms with Crippen molar-refractivity contribution in [3.63, 3.8) is 0 Å². The Morgan fingerprint density at radius 1 is 1.29 bits per heavy atom. The van der Waals surface area contributed by atoms with Crippen molar-refractivity contribution in [2.45, 2.75) is 25.6 Å². The minimum Gasteiger partial charge on any atom is -0.352 e. The van der Waals surface area contributed by atoms with Crippen LogP contribution in [0.15, 0.2) is 24.3 Å². The van der Waals surface area contributed by atoms with Gasteiger partial charge in [0.05, 0.1) is 0 Å². The van der Waals surface area contributed by atoms with Crippen LogP contribution < -0.4 is 10.6 Å². The highest BCUT2D eigenvalue weighted by atomic mass is 15.3. The molecule has 0 spiro atoms. The highest BCUT2D eigenvalue weighted by Crippen LogP contribution is 2.21. The van der Waals surface area contributed by atoms with Crippen molar-refractivity contribution in [2.24, 2.45) is 0 Å². The van der Waals surface area contributed by atoms with Crippen molar-refractivity contribution in [2.75, 3.05) is 13.1 Å². The minimum atomic E-state index is 0.422. The number of nitrogens with one attached hydrogen (secondary N) is 3. The molecular formula is C13H18N4. The normalized spacial score (nSPS) is 22.6. The van der Waals surface area contributed by atoms with Gasteiger partial charge in [-0.2, -0.15) is 0 Å². The Morgan fingerprint density at radius 2 is 2.00 bits per heavy atom. The number of rotatable bonds is 1. The molecule has 1 saturated heterocycles. The predicted molar refractivity (Wildman–Crippen MR) is 67.8 cm³/mol. The van der Waals surface area contributed by atoms with Crippen LogP contribution in [-0.4, -0.2) is 30.0 Å². The Bertz CT molecular complexity index is 398. The number of benzene rings is 1. The van der Waals surface area contributed by atoms with Crippen LogP contribution in [0.5, 0.6) is 0 Å². The summed E-state index contributed by atoms with van der Waals surface area (Å²) in [5, 5.41) is 14.7. The maximum atomic E-state index is 8.11. The van der Waals surface area contributed by atoms with Gasteiger partial charge in [-0.05, 0) is 24.1 Å². The van der Waals surface area contributed by atoms with E-state index in [1.807, 2.05) is 0 Å². The monoisotopic (exact) mass is 230 g/mol. The van der Waals surface area contributed by atoms with E-state index in [1.54, 1.807) is 0 Å². The maximum absolute atomic E-state index is 8.11. The zero-order chi connectivity index (χ0) is 11.7. The van der Waals surface area contributed by atoms with Gasteiger partial charge in [0.15, 0.2) is 5.96 Å². The third kappa shape index (κ3) is 2.13. The van der Waals surface area contributed by atoms with Gasteiger partial charge in [-0.3, -0.25) is 5.41 Å². The summed E-state index contributed by atoms with van der Waals surface area (Å²) in [6.45, 7) is 3.76. The molecule has 1 fully saturated rings. The molecule has 0 amide bonds. The van der Waals surface area contributed by atoms with Gasteiger partial charge in [-0.1, -0.05) is 24.3 Å². The molecule has 0 saturated carbocycles. The first-order chi connectivity index (χ1) is 8.33. The Labute approximate surface area is 102 Å². The van der Waals surface area contributed by atoms with Crippen molar-refractivity contribution in [3.8, 4) is 0 Å². The first-order valence-corrected chi connectivity index (χ1v) is 6.20. The standard InChI is InChI=1S/C13H18N4/c14-13(16-12-5-6-15-7-12)17-8-10-3-1-2-4-11(10)9-17/h1-4,12,15H,5-9H2,(H2,14,16). The van der Waals surface area contributed by atoms with E-state index < -0.39 is 0 Å². The number of guanidine groups is 1. The third-order valence-electron chi connectivity index (χ3n) is 3.56. The molecular weight excluding hydrogens is 212 g/mol. The molecule has 0 bridgehead atoms. The summed E-state index contributed by atoms with van der Waals surface area (Å²) in [6.07, 6.45) is 1.11. The van der Waals surface area contributed by atoms with Gasteiger partial charge in [0.2, 0.25) is 0 Å². The molecule has 0 aromatic heterocycles. The van der Waals surface area contributed by atoms with Crippen LogP contribution in [0, 0.1) is 5.41 Å². The third-order valence-corrected chi connectivity index (χ3v) is 3.56. The molecule has 90 valence electrons. The molecule has 1 aromatic carbocycles. The van der Waals surface area contributed by atoms with Crippen molar-refractivity contribution >= 4 is 5.96 Å². The first-order valence-electron chi connectivity index (χ1n) is 6.20. The van der Waals surface area contributed by atoms with E-state index in [1.165, 1.54) is 11.1 Å². The van der Waals surface area contributed by atoms with Crippen LogP contribution in [0.1, 0.15) is 17.5 Å². The van der Waals surface area contributed by atoms with Gasteiger partial charge >= 0.3 is 0 Å². The molecule has 17 heavy (non-hydrogen) atoms. The first kappa shape index (κ1) is 10.6. The van der Waals surface area contributed by atoms with Gasteiger partial charge in [-0.15, -0.1) is 0 Å². The summed E-state index contributed by atoms with van der Waals surface area (Å²) in [4.78, 5) is 2.10. The minimum absolute atomic E-state index is 0.422. The summed E-state index contributed by atoms with van der Waals surface area (Å²) >= 11 is 0. The maximum Gasteiger partial charge on any atom is 0.191 e. The number of nitrogens with zero attached hydrogens (tertiary/aromatic N) is 1. The molecule has 1 unspecified atom stereocenters. The lowest BCUT2D eigenvalue weighted by Crippen LogP contribution is -2.44. The molecule has 2 heterocycles. The van der Waals surface area contributed by atoms with Gasteiger partial charge in [0, 0.05) is 25.7 Å². The molecule has 0 radical (unpaired) electrons. The van der Waals surface area contributed by atoms with Crippen molar-refractivity contribution in [1.29, 1.82) is 5.41 Å². The molecule has 4 heteroatoms. The number of fused-ring (bicyclic) bond motifs is 1. The van der Waals surface area contributed by atoms with E-state index in [9.17, 15) is 0 Å². The lowest BCUT2D eigenvalue weighted by molar-refractivity contribution is 0.415. The van der Waals surface area contributed by atoms with E-state index in [-0.39, 0.29) is 0 Å². The Morgan fingerprint density at radius 3 is 2.59 bits per heavy atom. The molecule has 3 N–H and O–H groups in total. The van der Waals surface area contributed by atoms with E-state index >= 15 is 0 Å². The molecule has 0 aliphatic carbocycles.